The number of sulfonamides is 1. The normalized spacial score (nSPS) is 21.0. The van der Waals surface area contributed by atoms with E-state index in [2.05, 4.69) is 53.1 Å². The van der Waals surface area contributed by atoms with E-state index in [4.69, 9.17) is 0 Å². The van der Waals surface area contributed by atoms with Gasteiger partial charge in [0.25, 0.3) is 0 Å². The first-order valence-electron chi connectivity index (χ1n) is 9.95. The van der Waals surface area contributed by atoms with Gasteiger partial charge in [-0.05, 0) is 83.6 Å². The van der Waals surface area contributed by atoms with Crippen LogP contribution in [0.1, 0.15) is 53.4 Å². The van der Waals surface area contributed by atoms with E-state index in [-0.39, 0.29) is 11.3 Å². The van der Waals surface area contributed by atoms with Gasteiger partial charge in [-0.2, -0.15) is 0 Å². The van der Waals surface area contributed by atoms with Crippen molar-refractivity contribution in [2.24, 2.45) is 5.92 Å². The Labute approximate surface area is 159 Å². The van der Waals surface area contributed by atoms with Crippen molar-refractivity contribution in [2.45, 2.75) is 64.7 Å². The summed E-state index contributed by atoms with van der Waals surface area (Å²) in [4.78, 5) is 2.34. The lowest BCUT2D eigenvalue weighted by Gasteiger charge is -2.30. The predicted octanol–water partition coefficient (Wildman–Crippen LogP) is 3.83. The maximum atomic E-state index is 12.0. The first-order chi connectivity index (χ1) is 12.4. The highest BCUT2D eigenvalue weighted by atomic mass is 32.2. The lowest BCUT2D eigenvalue weighted by molar-refractivity contribution is 0.323. The molecule has 2 N–H and O–H groups in total. The minimum absolute atomic E-state index is 0.104. The fourth-order valence-corrected chi connectivity index (χ4v) is 4.47. The Morgan fingerprint density at radius 3 is 2.12 bits per heavy atom. The van der Waals surface area contributed by atoms with E-state index < -0.39 is 10.0 Å². The zero-order valence-corrected chi connectivity index (χ0v) is 17.5. The average Bonchev–Trinajstić information content (AvgIpc) is 2.63. The summed E-state index contributed by atoms with van der Waals surface area (Å²) in [5.41, 5.74) is 2.42. The number of benzene rings is 1. The molecule has 2 rings (SSSR count). The van der Waals surface area contributed by atoms with Crippen LogP contribution in [0.25, 0.3) is 0 Å². The van der Waals surface area contributed by atoms with Crippen LogP contribution < -0.4 is 14.9 Å². The lowest BCUT2D eigenvalue weighted by Crippen LogP contribution is -2.41. The smallest absolute Gasteiger partial charge is 0.214 e. The third kappa shape index (κ3) is 5.88. The Morgan fingerprint density at radius 2 is 1.62 bits per heavy atom. The van der Waals surface area contributed by atoms with E-state index in [0.717, 1.165) is 51.0 Å². The summed E-state index contributed by atoms with van der Waals surface area (Å²) in [5.74, 6) is 0.609. The monoisotopic (exact) mass is 381 g/mol. The number of nitrogens with one attached hydrogen (secondary N) is 2. The number of anilines is 2. The molecule has 0 saturated heterocycles. The topological polar surface area (TPSA) is 61.4 Å². The summed E-state index contributed by atoms with van der Waals surface area (Å²) in [6, 6.07) is 8.75. The van der Waals surface area contributed by atoms with Crippen molar-refractivity contribution >= 4 is 21.4 Å². The summed E-state index contributed by atoms with van der Waals surface area (Å²) >= 11 is 0. The highest BCUT2D eigenvalue weighted by Crippen LogP contribution is 2.26. The van der Waals surface area contributed by atoms with Crippen molar-refractivity contribution in [2.75, 3.05) is 29.9 Å². The van der Waals surface area contributed by atoms with Crippen LogP contribution in [0.4, 0.5) is 11.4 Å². The van der Waals surface area contributed by atoms with Crippen LogP contribution in [0.15, 0.2) is 24.3 Å². The van der Waals surface area contributed by atoms with Gasteiger partial charge in [-0.15, -0.1) is 0 Å². The summed E-state index contributed by atoms with van der Waals surface area (Å²) in [7, 11) is -3.16. The summed E-state index contributed by atoms with van der Waals surface area (Å²) < 4.78 is 26.8. The van der Waals surface area contributed by atoms with E-state index in [9.17, 15) is 8.42 Å². The van der Waals surface area contributed by atoms with E-state index in [1.165, 1.54) is 5.69 Å². The zero-order valence-electron chi connectivity index (χ0n) is 16.7. The molecule has 0 spiro atoms. The van der Waals surface area contributed by atoms with Crippen LogP contribution in [-0.2, 0) is 10.0 Å². The van der Waals surface area contributed by atoms with Crippen molar-refractivity contribution in [3.63, 3.8) is 0 Å². The molecule has 5 nitrogen and oxygen atoms in total. The van der Waals surface area contributed by atoms with E-state index in [1.54, 1.807) is 13.8 Å². The van der Waals surface area contributed by atoms with Crippen molar-refractivity contribution in [1.82, 2.24) is 4.72 Å². The molecule has 26 heavy (non-hydrogen) atoms. The first kappa shape index (κ1) is 21.0. The second-order valence-electron chi connectivity index (χ2n) is 7.53. The summed E-state index contributed by atoms with van der Waals surface area (Å²) in [5, 5.41) is 3.18. The molecule has 1 aliphatic carbocycles. The zero-order chi connectivity index (χ0) is 19.2. The second kappa shape index (κ2) is 9.60. The van der Waals surface area contributed by atoms with Gasteiger partial charge in [0.1, 0.15) is 0 Å². The van der Waals surface area contributed by atoms with Gasteiger partial charge >= 0.3 is 0 Å². The van der Waals surface area contributed by atoms with Crippen LogP contribution >= 0.6 is 0 Å². The number of rotatable bonds is 9. The molecular formula is C20H35N3O2S. The average molecular weight is 382 g/mol. The lowest BCUT2D eigenvalue weighted by atomic mass is 9.86. The first-order valence-corrected chi connectivity index (χ1v) is 11.5. The molecule has 1 aliphatic rings. The van der Waals surface area contributed by atoms with Gasteiger partial charge in [0, 0.05) is 37.1 Å². The molecule has 1 fully saturated rings. The fourth-order valence-electron chi connectivity index (χ4n) is 3.49. The Kier molecular flexibility index (Phi) is 7.77. The van der Waals surface area contributed by atoms with Gasteiger partial charge in [-0.1, -0.05) is 0 Å². The summed E-state index contributed by atoms with van der Waals surface area (Å²) in [6.07, 6.45) is 3.99. The van der Waals surface area contributed by atoms with E-state index in [1.807, 2.05) is 0 Å². The molecule has 0 aromatic heterocycles. The molecule has 148 valence electrons. The van der Waals surface area contributed by atoms with E-state index >= 15 is 0 Å². The molecule has 0 heterocycles. The van der Waals surface area contributed by atoms with Crippen LogP contribution in [0, 0.1) is 5.92 Å². The molecule has 0 atom stereocenters. The molecule has 1 saturated carbocycles. The van der Waals surface area contributed by atoms with Crippen molar-refractivity contribution in [3.05, 3.63) is 24.3 Å². The standard InChI is InChI=1S/C20H35N3O2S/c1-5-23(6-2)20-13-11-18(12-14-20)21-15-17-7-9-19(10-8-17)22-26(24,25)16(3)4/h11-14,16-17,19,21-22H,5-10,15H2,1-4H3. The molecule has 0 unspecified atom stereocenters. The Hall–Kier alpha value is -1.27. The molecule has 0 amide bonds. The highest BCUT2D eigenvalue weighted by Gasteiger charge is 2.26. The van der Waals surface area contributed by atoms with Gasteiger partial charge < -0.3 is 10.2 Å². The molecule has 0 aliphatic heterocycles. The second-order valence-corrected chi connectivity index (χ2v) is 9.80. The third-order valence-corrected chi connectivity index (χ3v) is 7.29. The third-order valence-electron chi connectivity index (χ3n) is 5.39. The molecule has 1 aromatic carbocycles. The maximum absolute atomic E-state index is 12.0. The van der Waals surface area contributed by atoms with Crippen molar-refractivity contribution in [1.29, 1.82) is 0 Å². The van der Waals surface area contributed by atoms with Gasteiger partial charge in [0.2, 0.25) is 10.0 Å². The van der Waals surface area contributed by atoms with Crippen molar-refractivity contribution in [3.8, 4) is 0 Å². The maximum Gasteiger partial charge on any atom is 0.214 e. The molecule has 0 bridgehead atoms. The van der Waals surface area contributed by atoms with Gasteiger partial charge in [0.05, 0.1) is 5.25 Å². The number of nitrogens with zero attached hydrogens (tertiary/aromatic N) is 1. The quantitative estimate of drug-likeness (QED) is 0.682. The fraction of sp³-hybridized carbons (Fsp3) is 0.700. The van der Waals surface area contributed by atoms with E-state index in [0.29, 0.717) is 5.92 Å². The van der Waals surface area contributed by atoms with Crippen LogP contribution in [0.5, 0.6) is 0 Å². The Balaban J connectivity index is 1.76. The highest BCUT2D eigenvalue weighted by molar-refractivity contribution is 7.90. The SMILES string of the molecule is CCN(CC)c1ccc(NCC2CCC(NS(=O)(=O)C(C)C)CC2)cc1. The molecular weight excluding hydrogens is 346 g/mol. The number of hydrogen-bond donors (Lipinski definition) is 2. The largest absolute Gasteiger partial charge is 0.385 e. The molecule has 1 aromatic rings. The van der Waals surface area contributed by atoms with Crippen LogP contribution in [0.3, 0.4) is 0 Å². The Morgan fingerprint density at radius 1 is 1.04 bits per heavy atom. The molecule has 6 heteroatoms. The van der Waals surface area contributed by atoms with Gasteiger partial charge in [-0.25, -0.2) is 13.1 Å². The van der Waals surface area contributed by atoms with Crippen molar-refractivity contribution < 1.29 is 8.42 Å². The predicted molar refractivity (Wildman–Crippen MR) is 111 cm³/mol. The number of hydrogen-bond acceptors (Lipinski definition) is 4. The van der Waals surface area contributed by atoms with Crippen LogP contribution in [0.2, 0.25) is 0 Å². The van der Waals surface area contributed by atoms with Crippen LogP contribution in [-0.4, -0.2) is 39.3 Å². The summed E-state index contributed by atoms with van der Waals surface area (Å²) in [6.45, 7) is 10.8. The minimum Gasteiger partial charge on any atom is -0.385 e. The molecule has 0 radical (unpaired) electrons. The minimum atomic E-state index is -3.16. The van der Waals surface area contributed by atoms with Gasteiger partial charge in [-0.3, -0.25) is 0 Å². The van der Waals surface area contributed by atoms with Gasteiger partial charge in [0.15, 0.2) is 0 Å². The Bertz CT molecular complexity index is 632.